The monoisotopic (exact) mass is 366 g/mol. The number of halogens is 2. The summed E-state index contributed by atoms with van der Waals surface area (Å²) in [4.78, 5) is 3.96. The maximum absolute atomic E-state index is 12.6. The molecule has 106 valence electrons. The second kappa shape index (κ2) is 5.68. The maximum atomic E-state index is 12.6. The summed E-state index contributed by atoms with van der Waals surface area (Å²) in [6.45, 7) is 5.35. The first-order chi connectivity index (χ1) is 8.82. The van der Waals surface area contributed by atoms with Crippen molar-refractivity contribution in [3.8, 4) is 0 Å². The summed E-state index contributed by atoms with van der Waals surface area (Å²) in [5.41, 5.74) is 0. The molecule has 0 radical (unpaired) electrons. The molecule has 0 aliphatic carbocycles. The summed E-state index contributed by atoms with van der Waals surface area (Å²) in [5.74, 6) is 0.893. The maximum Gasteiger partial charge on any atom is 0.246 e. The van der Waals surface area contributed by atoms with Crippen molar-refractivity contribution in [2.75, 3.05) is 13.1 Å². The minimum atomic E-state index is -3.55. The molecule has 2 rings (SSSR count). The Labute approximate surface area is 127 Å². The molecule has 0 bridgehead atoms. The van der Waals surface area contributed by atoms with E-state index in [2.05, 4.69) is 34.8 Å². The lowest BCUT2D eigenvalue weighted by Gasteiger charge is -2.18. The van der Waals surface area contributed by atoms with Gasteiger partial charge in [-0.05, 0) is 40.3 Å². The Morgan fingerprint density at radius 1 is 1.53 bits per heavy atom. The van der Waals surface area contributed by atoms with E-state index in [9.17, 15) is 8.42 Å². The van der Waals surface area contributed by atoms with Crippen molar-refractivity contribution in [2.45, 2.75) is 25.2 Å². The molecule has 1 aliphatic rings. The van der Waals surface area contributed by atoms with Gasteiger partial charge in [0.25, 0.3) is 0 Å². The zero-order valence-electron chi connectivity index (χ0n) is 10.8. The zero-order chi connectivity index (χ0) is 14.2. The molecule has 0 aromatic carbocycles. The van der Waals surface area contributed by atoms with Gasteiger partial charge in [0.15, 0.2) is 0 Å². The van der Waals surface area contributed by atoms with Crippen molar-refractivity contribution in [1.82, 2.24) is 9.29 Å². The lowest BCUT2D eigenvalue weighted by Crippen LogP contribution is -2.29. The number of hydrogen-bond donors (Lipinski definition) is 0. The highest BCUT2D eigenvalue weighted by Crippen LogP contribution is 2.31. The van der Waals surface area contributed by atoms with Crippen molar-refractivity contribution in [2.24, 2.45) is 11.8 Å². The van der Waals surface area contributed by atoms with Gasteiger partial charge < -0.3 is 0 Å². The first kappa shape index (κ1) is 15.2. The zero-order valence-corrected chi connectivity index (χ0v) is 14.0. The second-order valence-corrected chi connectivity index (χ2v) is 8.28. The highest BCUT2D eigenvalue weighted by Gasteiger charge is 2.35. The lowest BCUT2D eigenvalue weighted by atomic mass is 9.96. The summed E-state index contributed by atoms with van der Waals surface area (Å²) < 4.78 is 27.2. The van der Waals surface area contributed by atoms with Crippen LogP contribution in [0.1, 0.15) is 20.3 Å². The molecule has 1 aromatic heterocycles. The Morgan fingerprint density at radius 2 is 2.21 bits per heavy atom. The van der Waals surface area contributed by atoms with E-state index >= 15 is 0 Å². The van der Waals surface area contributed by atoms with Crippen LogP contribution in [-0.2, 0) is 10.0 Å². The number of aromatic nitrogens is 1. The van der Waals surface area contributed by atoms with Gasteiger partial charge in [-0.1, -0.05) is 25.4 Å². The van der Waals surface area contributed by atoms with Gasteiger partial charge in [0.05, 0.1) is 0 Å². The van der Waals surface area contributed by atoms with Gasteiger partial charge in [-0.2, -0.15) is 4.31 Å². The van der Waals surface area contributed by atoms with Crippen molar-refractivity contribution in [1.29, 1.82) is 0 Å². The Hall–Kier alpha value is -0.170. The highest BCUT2D eigenvalue weighted by atomic mass is 79.9. The van der Waals surface area contributed by atoms with Crippen molar-refractivity contribution in [3.05, 3.63) is 21.9 Å². The van der Waals surface area contributed by atoms with Gasteiger partial charge in [0.2, 0.25) is 10.0 Å². The molecule has 1 aromatic rings. The highest BCUT2D eigenvalue weighted by molar-refractivity contribution is 9.10. The summed E-state index contributed by atoms with van der Waals surface area (Å²) >= 11 is 9.15. The van der Waals surface area contributed by atoms with E-state index in [-0.39, 0.29) is 10.0 Å². The molecule has 1 unspecified atom stereocenters. The first-order valence-electron chi connectivity index (χ1n) is 6.13. The molecule has 0 N–H and O–H groups in total. The molecule has 2 heterocycles. The summed E-state index contributed by atoms with van der Waals surface area (Å²) in [7, 11) is -3.55. The third kappa shape index (κ3) is 3.12. The molecule has 19 heavy (non-hydrogen) atoms. The van der Waals surface area contributed by atoms with Crippen LogP contribution in [-0.4, -0.2) is 30.8 Å². The largest absolute Gasteiger partial charge is 0.246 e. The van der Waals surface area contributed by atoms with Gasteiger partial charge in [0.1, 0.15) is 10.0 Å². The van der Waals surface area contributed by atoms with E-state index in [0.29, 0.717) is 29.4 Å². The van der Waals surface area contributed by atoms with Crippen molar-refractivity contribution >= 4 is 37.6 Å². The van der Waals surface area contributed by atoms with E-state index in [0.717, 1.165) is 6.42 Å². The number of rotatable bonds is 3. The average molecular weight is 368 g/mol. The summed E-state index contributed by atoms with van der Waals surface area (Å²) in [6.07, 6.45) is 2.39. The third-order valence-electron chi connectivity index (χ3n) is 3.52. The SMILES string of the molecule is CC(C)C1CCN(S(=O)(=O)c2cc(Br)cnc2Cl)C1. The van der Waals surface area contributed by atoms with Gasteiger partial charge in [-0.3, -0.25) is 0 Å². The second-order valence-electron chi connectivity index (χ2n) is 5.10. The molecule has 7 heteroatoms. The Kier molecular flexibility index (Phi) is 4.55. The number of pyridine rings is 1. The number of hydrogen-bond acceptors (Lipinski definition) is 3. The van der Waals surface area contributed by atoms with E-state index in [1.807, 2.05) is 0 Å². The Balaban J connectivity index is 2.31. The van der Waals surface area contributed by atoms with Crippen LogP contribution in [0.5, 0.6) is 0 Å². The molecule has 0 saturated carbocycles. The molecule has 0 spiro atoms. The molecular formula is C12H16BrClN2O2S. The van der Waals surface area contributed by atoms with Crippen LogP contribution in [0.2, 0.25) is 5.15 Å². The normalized spacial score (nSPS) is 21.2. The molecule has 1 saturated heterocycles. The van der Waals surface area contributed by atoms with Gasteiger partial charge >= 0.3 is 0 Å². The van der Waals surface area contributed by atoms with Crippen LogP contribution < -0.4 is 0 Å². The fraction of sp³-hybridized carbons (Fsp3) is 0.583. The standard InChI is InChI=1S/C12H16BrClN2O2S/c1-8(2)9-3-4-16(7-9)19(17,18)11-5-10(13)6-15-12(11)14/h5-6,8-9H,3-4,7H2,1-2H3. The summed E-state index contributed by atoms with van der Waals surface area (Å²) in [6, 6.07) is 1.51. The van der Waals surface area contributed by atoms with Crippen LogP contribution in [0, 0.1) is 11.8 Å². The van der Waals surface area contributed by atoms with Crippen LogP contribution in [0.15, 0.2) is 21.6 Å². The molecule has 1 aliphatic heterocycles. The quantitative estimate of drug-likeness (QED) is 0.771. The van der Waals surface area contributed by atoms with Crippen molar-refractivity contribution in [3.63, 3.8) is 0 Å². The average Bonchev–Trinajstić information content (AvgIpc) is 2.82. The fourth-order valence-electron chi connectivity index (χ4n) is 2.24. The van der Waals surface area contributed by atoms with Crippen LogP contribution in [0.25, 0.3) is 0 Å². The van der Waals surface area contributed by atoms with Crippen LogP contribution in [0.3, 0.4) is 0 Å². The smallest absolute Gasteiger partial charge is 0.242 e. The molecule has 4 nitrogen and oxygen atoms in total. The minimum Gasteiger partial charge on any atom is -0.242 e. The molecule has 1 atom stereocenters. The Bertz CT molecular complexity index is 577. The Morgan fingerprint density at radius 3 is 2.79 bits per heavy atom. The van der Waals surface area contributed by atoms with E-state index in [1.165, 1.54) is 16.6 Å². The van der Waals surface area contributed by atoms with Crippen LogP contribution >= 0.6 is 27.5 Å². The topological polar surface area (TPSA) is 50.3 Å². The molecule has 0 amide bonds. The van der Waals surface area contributed by atoms with E-state index < -0.39 is 10.0 Å². The van der Waals surface area contributed by atoms with E-state index in [1.54, 1.807) is 0 Å². The predicted molar refractivity (Wildman–Crippen MR) is 78.7 cm³/mol. The number of sulfonamides is 1. The first-order valence-corrected chi connectivity index (χ1v) is 8.74. The predicted octanol–water partition coefficient (Wildman–Crippen LogP) is 3.16. The van der Waals surface area contributed by atoms with E-state index in [4.69, 9.17) is 11.6 Å². The molecule has 1 fully saturated rings. The lowest BCUT2D eigenvalue weighted by molar-refractivity contribution is 0.388. The molecular weight excluding hydrogens is 352 g/mol. The van der Waals surface area contributed by atoms with Crippen LogP contribution in [0.4, 0.5) is 0 Å². The van der Waals surface area contributed by atoms with Gasteiger partial charge in [-0.15, -0.1) is 0 Å². The number of nitrogens with zero attached hydrogens (tertiary/aromatic N) is 2. The van der Waals surface area contributed by atoms with Gasteiger partial charge in [0, 0.05) is 23.8 Å². The minimum absolute atomic E-state index is 0.0243. The summed E-state index contributed by atoms with van der Waals surface area (Å²) in [5, 5.41) is 0.0243. The van der Waals surface area contributed by atoms with Crippen molar-refractivity contribution < 1.29 is 8.42 Å². The third-order valence-corrected chi connectivity index (χ3v) is 6.25. The fourth-order valence-corrected chi connectivity index (χ4v) is 4.67. The van der Waals surface area contributed by atoms with Gasteiger partial charge in [-0.25, -0.2) is 13.4 Å².